The van der Waals surface area contributed by atoms with Gasteiger partial charge in [-0.05, 0) is 17.7 Å². The molecule has 1 aromatic rings. The van der Waals surface area contributed by atoms with Gasteiger partial charge in [0.1, 0.15) is 6.07 Å². The first-order chi connectivity index (χ1) is 6.33. The average molecular weight is 190 g/mol. The molecule has 0 bridgehead atoms. The summed E-state index contributed by atoms with van der Waals surface area (Å²) in [5, 5.41) is 8.78. The van der Waals surface area contributed by atoms with E-state index in [9.17, 15) is 4.21 Å². The minimum absolute atomic E-state index is 0.465. The van der Waals surface area contributed by atoms with Crippen molar-refractivity contribution >= 4 is 17.1 Å². The molecule has 64 valence electrons. The van der Waals surface area contributed by atoms with E-state index in [4.69, 9.17) is 5.26 Å². The zero-order valence-corrected chi connectivity index (χ0v) is 7.47. The summed E-state index contributed by atoms with van der Waals surface area (Å²) >= 11 is 0. The number of nitrogens with one attached hydrogen (secondary N) is 1. The van der Waals surface area contributed by atoms with Crippen molar-refractivity contribution in [1.82, 2.24) is 4.72 Å². The van der Waals surface area contributed by atoms with E-state index in [1.165, 1.54) is 0 Å². The van der Waals surface area contributed by atoms with Crippen molar-refractivity contribution in [3.8, 4) is 6.07 Å². The van der Waals surface area contributed by atoms with E-state index in [0.717, 1.165) is 5.56 Å². The van der Waals surface area contributed by atoms with Crippen molar-refractivity contribution in [1.29, 1.82) is 5.26 Å². The summed E-state index contributed by atoms with van der Waals surface area (Å²) in [5.74, 6) is 0. The fraction of sp³-hybridized carbons (Fsp3) is 0. The van der Waals surface area contributed by atoms with Crippen molar-refractivity contribution in [3.63, 3.8) is 0 Å². The number of fused-ring (bicyclic) bond motifs is 1. The van der Waals surface area contributed by atoms with Crippen molar-refractivity contribution < 1.29 is 4.21 Å². The molecule has 0 aliphatic carbocycles. The van der Waals surface area contributed by atoms with E-state index in [-0.39, 0.29) is 0 Å². The second-order valence-electron chi connectivity index (χ2n) is 2.56. The Labute approximate surface area is 78.3 Å². The van der Waals surface area contributed by atoms with Crippen LogP contribution in [-0.2, 0) is 11.0 Å². The quantitative estimate of drug-likeness (QED) is 0.667. The van der Waals surface area contributed by atoms with Crippen LogP contribution >= 0.6 is 0 Å². The molecular formula is C9H6N2OS. The molecule has 0 radical (unpaired) electrons. The van der Waals surface area contributed by atoms with Gasteiger partial charge in [-0.2, -0.15) is 5.26 Å². The monoisotopic (exact) mass is 190 g/mol. The van der Waals surface area contributed by atoms with Crippen molar-refractivity contribution in [2.24, 2.45) is 0 Å². The van der Waals surface area contributed by atoms with E-state index in [2.05, 4.69) is 4.72 Å². The van der Waals surface area contributed by atoms with Gasteiger partial charge in [-0.1, -0.05) is 12.1 Å². The van der Waals surface area contributed by atoms with Crippen LogP contribution < -0.4 is 4.72 Å². The van der Waals surface area contributed by atoms with Gasteiger partial charge < -0.3 is 4.72 Å². The summed E-state index contributed by atoms with van der Waals surface area (Å²) in [6, 6.07) is 7.30. The van der Waals surface area contributed by atoms with Crippen LogP contribution in [0.3, 0.4) is 0 Å². The Morgan fingerprint density at radius 3 is 3.08 bits per heavy atom. The predicted octanol–water partition coefficient (Wildman–Crippen LogP) is 1.15. The summed E-state index contributed by atoms with van der Waals surface area (Å²) in [5.41, 5.74) is 1.31. The molecule has 1 aromatic carbocycles. The molecule has 1 atom stereocenters. The first-order valence-corrected chi connectivity index (χ1v) is 4.85. The number of hydrogen-bond donors (Lipinski definition) is 1. The van der Waals surface area contributed by atoms with E-state index < -0.39 is 11.0 Å². The van der Waals surface area contributed by atoms with Gasteiger partial charge >= 0.3 is 0 Å². The van der Waals surface area contributed by atoms with Gasteiger partial charge in [0, 0.05) is 6.20 Å². The average Bonchev–Trinajstić information content (AvgIpc) is 2.17. The summed E-state index contributed by atoms with van der Waals surface area (Å²) in [7, 11) is -1.29. The molecule has 0 aromatic heterocycles. The Hall–Kier alpha value is -1.60. The number of rotatable bonds is 0. The fourth-order valence-electron chi connectivity index (χ4n) is 1.23. The Morgan fingerprint density at radius 1 is 1.46 bits per heavy atom. The first kappa shape index (κ1) is 8.02. The Kier molecular flexibility index (Phi) is 1.87. The molecule has 1 heterocycles. The molecule has 2 rings (SSSR count). The van der Waals surface area contributed by atoms with Gasteiger partial charge in [-0.15, -0.1) is 0 Å². The highest BCUT2D eigenvalue weighted by Gasteiger charge is 2.15. The van der Waals surface area contributed by atoms with Gasteiger partial charge in [-0.25, -0.2) is 4.21 Å². The molecule has 0 saturated heterocycles. The Bertz CT molecular complexity index is 445. The smallest absolute Gasteiger partial charge is 0.151 e. The van der Waals surface area contributed by atoms with Gasteiger partial charge in [0.05, 0.1) is 10.5 Å². The Morgan fingerprint density at radius 2 is 2.31 bits per heavy atom. The van der Waals surface area contributed by atoms with Crippen LogP contribution in [0.2, 0.25) is 0 Å². The van der Waals surface area contributed by atoms with Crippen LogP contribution in [0, 0.1) is 11.3 Å². The molecule has 1 unspecified atom stereocenters. The minimum atomic E-state index is -1.29. The third-order valence-corrected chi connectivity index (χ3v) is 2.97. The molecule has 13 heavy (non-hydrogen) atoms. The lowest BCUT2D eigenvalue weighted by Crippen LogP contribution is -2.15. The normalized spacial score (nSPS) is 18.5. The second kappa shape index (κ2) is 3.04. The molecular weight excluding hydrogens is 184 g/mol. The molecule has 0 saturated carbocycles. The van der Waals surface area contributed by atoms with E-state index >= 15 is 0 Å². The SMILES string of the molecule is N#Cc1cccc2c1S(=O)NC=C2. The van der Waals surface area contributed by atoms with Gasteiger partial charge in [0.2, 0.25) is 0 Å². The number of hydrogen-bond acceptors (Lipinski definition) is 2. The second-order valence-corrected chi connectivity index (χ2v) is 3.74. The third kappa shape index (κ3) is 1.23. The molecule has 0 amide bonds. The van der Waals surface area contributed by atoms with Crippen LogP contribution in [0.4, 0.5) is 0 Å². The van der Waals surface area contributed by atoms with E-state index in [0.29, 0.717) is 10.5 Å². The highest BCUT2D eigenvalue weighted by molar-refractivity contribution is 7.83. The third-order valence-electron chi connectivity index (χ3n) is 1.79. The van der Waals surface area contributed by atoms with Gasteiger partial charge in [0.15, 0.2) is 11.0 Å². The van der Waals surface area contributed by atoms with Gasteiger partial charge in [0.25, 0.3) is 0 Å². The minimum Gasteiger partial charge on any atom is -0.308 e. The molecule has 1 aliphatic heterocycles. The maximum absolute atomic E-state index is 11.5. The van der Waals surface area contributed by atoms with Crippen LogP contribution in [0.15, 0.2) is 29.3 Å². The zero-order chi connectivity index (χ0) is 9.26. The first-order valence-electron chi connectivity index (χ1n) is 3.70. The predicted molar refractivity (Wildman–Crippen MR) is 49.7 cm³/mol. The molecule has 0 spiro atoms. The Balaban J connectivity index is 2.73. The van der Waals surface area contributed by atoms with Crippen molar-refractivity contribution in [2.45, 2.75) is 4.90 Å². The largest absolute Gasteiger partial charge is 0.308 e. The van der Waals surface area contributed by atoms with Crippen LogP contribution in [-0.4, -0.2) is 4.21 Å². The van der Waals surface area contributed by atoms with Crippen molar-refractivity contribution in [3.05, 3.63) is 35.5 Å². The van der Waals surface area contributed by atoms with E-state index in [1.54, 1.807) is 24.4 Å². The maximum Gasteiger partial charge on any atom is 0.151 e. The highest BCUT2D eigenvalue weighted by Crippen LogP contribution is 2.21. The summed E-state index contributed by atoms with van der Waals surface area (Å²) in [6.07, 6.45) is 3.43. The number of benzene rings is 1. The fourth-order valence-corrected chi connectivity index (χ4v) is 2.20. The molecule has 0 fully saturated rings. The number of nitrogens with zero attached hydrogens (tertiary/aromatic N) is 1. The van der Waals surface area contributed by atoms with E-state index in [1.807, 2.05) is 12.1 Å². The summed E-state index contributed by atoms with van der Waals surface area (Å²) in [6.45, 7) is 0. The lowest BCUT2D eigenvalue weighted by atomic mass is 10.1. The lowest BCUT2D eigenvalue weighted by Gasteiger charge is -2.11. The van der Waals surface area contributed by atoms with Crippen LogP contribution in [0.25, 0.3) is 6.08 Å². The van der Waals surface area contributed by atoms with Gasteiger partial charge in [-0.3, -0.25) is 0 Å². The standard InChI is InChI=1S/C9H6N2OS/c10-6-8-3-1-2-7-4-5-11-13(12)9(7)8/h1-5,11H. The topological polar surface area (TPSA) is 52.9 Å². The van der Waals surface area contributed by atoms with Crippen LogP contribution in [0.5, 0.6) is 0 Å². The number of nitriles is 1. The molecule has 3 nitrogen and oxygen atoms in total. The maximum atomic E-state index is 11.5. The summed E-state index contributed by atoms with van der Waals surface area (Å²) in [4.78, 5) is 0.576. The lowest BCUT2D eigenvalue weighted by molar-refractivity contribution is 0.679. The van der Waals surface area contributed by atoms with Crippen LogP contribution in [0.1, 0.15) is 11.1 Å². The molecule has 4 heteroatoms. The molecule has 1 N–H and O–H groups in total. The summed E-state index contributed by atoms with van der Waals surface area (Å²) < 4.78 is 14.1. The molecule has 1 aliphatic rings. The van der Waals surface area contributed by atoms with Crippen molar-refractivity contribution in [2.75, 3.05) is 0 Å². The zero-order valence-electron chi connectivity index (χ0n) is 6.65. The highest BCUT2D eigenvalue weighted by atomic mass is 32.2.